The number of aromatic amines is 1. The van der Waals surface area contributed by atoms with Crippen LogP contribution in [-0.2, 0) is 61.3 Å². The smallest absolute Gasteiger partial charge is 0.266 e. The minimum Gasteiger partial charge on any atom is -0.870 e. The molecule has 2 aromatic rings. The Morgan fingerprint density at radius 2 is 1.63 bits per heavy atom. The van der Waals surface area contributed by atoms with Gasteiger partial charge in [0.15, 0.2) is 11.6 Å². The number of nitrogens with zero attached hydrogens (tertiary/aromatic N) is 1. The number of nitrogens with one attached hydrogen (secondary N) is 6. The van der Waals surface area contributed by atoms with E-state index < -0.39 is 158 Å². The van der Waals surface area contributed by atoms with Crippen molar-refractivity contribution in [3.63, 3.8) is 0 Å². The summed E-state index contributed by atoms with van der Waals surface area (Å²) in [6.07, 6.45) is -3.53. The molecule has 0 spiro atoms. The van der Waals surface area contributed by atoms with Crippen LogP contribution < -0.4 is 42.8 Å². The zero-order valence-electron chi connectivity index (χ0n) is 40.2. The van der Waals surface area contributed by atoms with Gasteiger partial charge < -0.3 is 73.5 Å². The Hall–Kier alpha value is -5.66. The molecule has 5 aliphatic rings. The molecule has 7 rings (SSSR count). The molecule has 0 aliphatic carbocycles. The van der Waals surface area contributed by atoms with Crippen LogP contribution in [0.4, 0.5) is 0 Å². The van der Waals surface area contributed by atoms with Crippen LogP contribution in [0.1, 0.15) is 84.1 Å². The van der Waals surface area contributed by atoms with Gasteiger partial charge in [0.25, 0.3) is 5.91 Å². The Morgan fingerprint density at radius 1 is 0.930 bits per heavy atom. The first-order chi connectivity index (χ1) is 33.3. The number of primary amides is 1. The number of aliphatic hydroxyl groups is 3. The third-order valence-electron chi connectivity index (χ3n) is 14.2. The summed E-state index contributed by atoms with van der Waals surface area (Å²) in [4.78, 5) is 133. The highest BCUT2D eigenvalue weighted by atomic mass is 32.2. The van der Waals surface area contributed by atoms with E-state index in [2.05, 4.69) is 31.6 Å². The van der Waals surface area contributed by atoms with Gasteiger partial charge in [-0.15, -0.1) is 0 Å². The first-order valence-corrected chi connectivity index (χ1v) is 25.2. The number of aromatic nitrogens is 1. The van der Waals surface area contributed by atoms with E-state index in [1.165, 1.54) is 11.8 Å². The highest BCUT2D eigenvalue weighted by Gasteiger charge is 2.57. The van der Waals surface area contributed by atoms with E-state index in [0.717, 1.165) is 0 Å². The quantitative estimate of drug-likeness (QED) is 0.0577. The Bertz CT molecular complexity index is 2330. The highest BCUT2D eigenvalue weighted by Crippen LogP contribution is 2.40. The SMILES string of the molecule is CC[C@H](C)[C@@H]1NC(=O)CNC(=O)[C@@H]2CC(=O)[C@H]([C@@H](C)[C@@H](O)CO)NC(=O)C3(CCCCCN)Oc4ccc5c(c([nH]c5c4)[SH+]C[C@H](NC(=O)CNC1=O)C(=O)C[C@@H](CC(N)=O)C(=O)N1C[C@H](O)C[C@H]13)C2.[OH-]. The number of rotatable bonds is 12. The number of unbranched alkanes of at least 4 members (excludes halogenated alkanes) is 2. The van der Waals surface area contributed by atoms with Gasteiger partial charge in [-0.05, 0) is 56.7 Å². The van der Waals surface area contributed by atoms with Crippen LogP contribution in [0.2, 0.25) is 0 Å². The van der Waals surface area contributed by atoms with Crippen molar-refractivity contribution in [3.8, 4) is 5.75 Å². The average Bonchev–Trinajstić information content (AvgIpc) is 3.89. The standard InChI is InChI=1S/C47H67N9O13S.H2O/c1-4-23(2)40-43(66)51-18-38(63)52-32-22-70-44-30-12-25(42(65)50-19-39(64)54-40)13-34(60)41(24(3)35(61)21-57)55-46(68)47(10-6-5-7-11-48,69-28-8-9-29(30)31(17-28)53-44)36-16-27(58)20-56(36)45(67)26(14-33(32)59)15-37(49)62;/h8-9,17,23-27,32,35-36,40-41,53,57-58,61H,4-7,10-16,18-22,48H2,1-3H3,(H2,49,62)(H,50,65)(H,51,66)(H,52,63)(H,54,64)(H,55,68);1H2/t23-,24-,25-,26-,27+,32-,35-,36-,40-,41-,47?;/m0./s1. The monoisotopic (exact) mass is 1020 g/mol. The molecule has 6 heterocycles. The molecule has 5 aliphatic heterocycles. The minimum atomic E-state index is -2.15. The number of ether oxygens (including phenoxy) is 1. The molecule has 1 unspecified atom stereocenters. The van der Waals surface area contributed by atoms with Crippen LogP contribution in [0, 0.1) is 23.7 Å². The molecular weight excluding hydrogens is 947 g/mol. The number of fused-ring (bicyclic) bond motifs is 8. The molecule has 71 heavy (non-hydrogen) atoms. The van der Waals surface area contributed by atoms with Gasteiger partial charge in [-0.1, -0.05) is 33.6 Å². The molecule has 1 aromatic carbocycles. The summed E-state index contributed by atoms with van der Waals surface area (Å²) in [5.41, 5.74) is 10.4. The molecule has 392 valence electrons. The number of amides is 7. The number of benzene rings is 1. The number of carbonyl (C=O) groups is 9. The van der Waals surface area contributed by atoms with Gasteiger partial charge in [0, 0.05) is 66.4 Å². The van der Waals surface area contributed by atoms with Gasteiger partial charge in [0.05, 0.1) is 55.4 Å². The number of ketones is 2. The second kappa shape index (κ2) is 24.6. The minimum absolute atomic E-state index is 0. The lowest BCUT2D eigenvalue weighted by molar-refractivity contribution is -0.154. The highest BCUT2D eigenvalue weighted by molar-refractivity contribution is 7.78. The first-order valence-electron chi connectivity index (χ1n) is 24.1. The Balaban J connectivity index is 0.00000937. The van der Waals surface area contributed by atoms with Crippen molar-refractivity contribution in [1.29, 1.82) is 0 Å². The number of hydrogen-bond acceptors (Lipinski definition) is 15. The number of carbonyl (C=O) groups excluding carboxylic acids is 9. The fourth-order valence-corrected chi connectivity index (χ4v) is 11.2. The van der Waals surface area contributed by atoms with Crippen LogP contribution in [0.5, 0.6) is 5.75 Å². The zero-order valence-corrected chi connectivity index (χ0v) is 41.1. The second-order valence-corrected chi connectivity index (χ2v) is 20.3. The molecule has 7 amide bonds. The van der Waals surface area contributed by atoms with Gasteiger partial charge in [-0.2, -0.15) is 0 Å². The van der Waals surface area contributed by atoms with E-state index >= 15 is 9.59 Å². The predicted octanol–water partition coefficient (Wildman–Crippen LogP) is -2.90. The maximum Gasteiger partial charge on any atom is 0.266 e. The number of Topliss-reactive ketones (excluding diaryl/α,β-unsaturated/α-hetero) is 2. The Morgan fingerprint density at radius 3 is 2.31 bits per heavy atom. The summed E-state index contributed by atoms with van der Waals surface area (Å²) in [7, 11) is 0. The van der Waals surface area contributed by atoms with Gasteiger partial charge in [0.2, 0.25) is 46.1 Å². The lowest BCUT2D eigenvalue weighted by Crippen LogP contribution is -2.66. The van der Waals surface area contributed by atoms with E-state index in [1.807, 2.05) is 0 Å². The summed E-state index contributed by atoms with van der Waals surface area (Å²) < 4.78 is 6.92. The number of H-pyrrole nitrogens is 1. The molecule has 1 saturated heterocycles. The van der Waals surface area contributed by atoms with Gasteiger partial charge in [0.1, 0.15) is 23.6 Å². The van der Waals surface area contributed by atoms with Crippen molar-refractivity contribution >= 4 is 75.6 Å². The fraction of sp³-hybridized carbons (Fsp3) is 0.638. The normalized spacial score (nSPS) is 28.5. The number of thiol groups is 1. The first kappa shape index (κ1) is 56.3. The van der Waals surface area contributed by atoms with Gasteiger partial charge in [-0.3, -0.25) is 43.2 Å². The molecule has 8 bridgehead atoms. The molecule has 11 atom stereocenters. The second-order valence-electron chi connectivity index (χ2n) is 19.1. The van der Waals surface area contributed by atoms with Gasteiger partial charge in [-0.25, -0.2) is 0 Å². The third-order valence-corrected chi connectivity index (χ3v) is 15.4. The lowest BCUT2D eigenvalue weighted by atomic mass is 9.81. The molecule has 1 aromatic heterocycles. The van der Waals surface area contributed by atoms with Crippen LogP contribution in [-0.4, -0.2) is 164 Å². The molecule has 24 heteroatoms. The van der Waals surface area contributed by atoms with Crippen molar-refractivity contribution in [1.82, 2.24) is 36.5 Å². The molecular formula is C47H69N9O14S. The van der Waals surface area contributed by atoms with Crippen molar-refractivity contribution < 1.29 is 68.7 Å². The summed E-state index contributed by atoms with van der Waals surface area (Å²) in [6, 6.07) is -0.513. The van der Waals surface area contributed by atoms with Gasteiger partial charge >= 0.3 is 0 Å². The van der Waals surface area contributed by atoms with E-state index in [0.29, 0.717) is 59.1 Å². The molecule has 0 saturated carbocycles. The molecule has 14 N–H and O–H groups in total. The summed E-state index contributed by atoms with van der Waals surface area (Å²) in [5.74, 6) is -11.5. The van der Waals surface area contributed by atoms with Crippen molar-refractivity contribution in [2.75, 3.05) is 38.5 Å². The van der Waals surface area contributed by atoms with Crippen LogP contribution >= 0.6 is 0 Å². The van der Waals surface area contributed by atoms with Crippen molar-refractivity contribution in [2.24, 2.45) is 35.1 Å². The van der Waals surface area contributed by atoms with E-state index in [4.69, 9.17) is 16.2 Å². The number of hydrogen-bond donors (Lipinski definition) is 11. The summed E-state index contributed by atoms with van der Waals surface area (Å²) in [5, 5.41) is 47.0. The largest absolute Gasteiger partial charge is 0.870 e. The van der Waals surface area contributed by atoms with E-state index in [-0.39, 0.29) is 49.2 Å². The Labute approximate surface area is 414 Å². The summed E-state index contributed by atoms with van der Waals surface area (Å²) in [6.45, 7) is 2.83. The van der Waals surface area contributed by atoms with Crippen LogP contribution in [0.15, 0.2) is 23.2 Å². The van der Waals surface area contributed by atoms with Crippen LogP contribution in [0.3, 0.4) is 0 Å². The van der Waals surface area contributed by atoms with Crippen molar-refractivity contribution in [3.05, 3.63) is 23.8 Å². The molecule has 23 nitrogen and oxygen atoms in total. The van der Waals surface area contributed by atoms with Crippen molar-refractivity contribution in [2.45, 2.75) is 132 Å². The maximum absolute atomic E-state index is 15.6. The lowest BCUT2D eigenvalue weighted by Gasteiger charge is -2.43. The summed E-state index contributed by atoms with van der Waals surface area (Å²) >= 11 is 0.371. The maximum atomic E-state index is 15.6. The fourth-order valence-electron chi connectivity index (χ4n) is 9.95. The van der Waals surface area contributed by atoms with E-state index in [9.17, 15) is 48.9 Å². The Kier molecular flexibility index (Phi) is 19.5. The number of nitrogens with two attached hydrogens (primary N) is 2. The zero-order chi connectivity index (χ0) is 51.0. The molecule has 1 fully saturated rings. The topological polar surface area (TPSA) is 385 Å². The molecule has 0 radical (unpaired) electrons. The average molecular weight is 1020 g/mol. The third kappa shape index (κ3) is 13.1. The van der Waals surface area contributed by atoms with Crippen LogP contribution in [0.25, 0.3) is 10.9 Å². The predicted molar refractivity (Wildman–Crippen MR) is 256 cm³/mol. The van der Waals surface area contributed by atoms with E-state index in [1.54, 1.807) is 32.0 Å². The number of aliphatic hydroxyl groups excluding tert-OH is 3.